The molecule has 0 fully saturated rings. The summed E-state index contributed by atoms with van der Waals surface area (Å²) >= 11 is 0. The molecule has 0 radical (unpaired) electrons. The highest BCUT2D eigenvalue weighted by molar-refractivity contribution is 5.92. The summed E-state index contributed by atoms with van der Waals surface area (Å²) in [5.74, 6) is -0.380. The Balaban J connectivity index is 3.10. The van der Waals surface area contributed by atoms with Crippen LogP contribution in [0.3, 0.4) is 0 Å². The zero-order valence-electron chi connectivity index (χ0n) is 10.7. The highest BCUT2D eigenvalue weighted by Crippen LogP contribution is 2.16. The van der Waals surface area contributed by atoms with E-state index >= 15 is 0 Å². The molecule has 0 saturated carbocycles. The molecule has 1 aromatic heterocycles. The first-order chi connectivity index (χ1) is 8.54. The topological polar surface area (TPSA) is 96.4 Å². The van der Waals surface area contributed by atoms with Gasteiger partial charge in [-0.3, -0.25) is 4.79 Å². The summed E-state index contributed by atoms with van der Waals surface area (Å²) in [7, 11) is 1.29. The third kappa shape index (κ3) is 2.79. The van der Waals surface area contributed by atoms with Crippen LogP contribution in [0.5, 0.6) is 0 Å². The minimum absolute atomic E-state index is 0.0394. The predicted octanol–water partition coefficient (Wildman–Crippen LogP) is 0.377. The van der Waals surface area contributed by atoms with Crippen molar-refractivity contribution in [2.45, 2.75) is 26.8 Å². The molecule has 1 heterocycles. The molecule has 0 atom stereocenters. The number of methoxy groups -OCH3 is 1. The lowest BCUT2D eigenvalue weighted by Crippen LogP contribution is -2.16. The van der Waals surface area contributed by atoms with Crippen LogP contribution in [0.2, 0.25) is 0 Å². The van der Waals surface area contributed by atoms with E-state index in [1.807, 2.05) is 6.92 Å². The quantitative estimate of drug-likeness (QED) is 0.764. The number of nitrogens with zero attached hydrogens (tertiary/aromatic N) is 2. The fourth-order valence-electron chi connectivity index (χ4n) is 1.50. The number of rotatable bonds is 5. The highest BCUT2D eigenvalue weighted by atomic mass is 16.5. The van der Waals surface area contributed by atoms with Crippen molar-refractivity contribution in [2.75, 3.05) is 19.5 Å². The molecule has 2 N–H and O–H groups in total. The van der Waals surface area contributed by atoms with Gasteiger partial charge in [-0.2, -0.15) is 0 Å². The maximum absolute atomic E-state index is 11.6. The van der Waals surface area contributed by atoms with Gasteiger partial charge >= 0.3 is 11.9 Å². The van der Waals surface area contributed by atoms with Crippen molar-refractivity contribution in [1.82, 2.24) is 9.55 Å². The minimum atomic E-state index is -0.590. The fraction of sp³-hybridized carbons (Fsp3) is 0.545. The number of aryl methyl sites for hydroxylation is 1. The van der Waals surface area contributed by atoms with Gasteiger partial charge in [0, 0.05) is 6.42 Å². The van der Waals surface area contributed by atoms with Gasteiger partial charge in [0.2, 0.25) is 0 Å². The summed E-state index contributed by atoms with van der Waals surface area (Å²) in [4.78, 5) is 27.0. The first kappa shape index (κ1) is 14.0. The van der Waals surface area contributed by atoms with Gasteiger partial charge in [0.25, 0.3) is 0 Å². The Morgan fingerprint density at radius 3 is 2.56 bits per heavy atom. The van der Waals surface area contributed by atoms with Gasteiger partial charge in [-0.15, -0.1) is 0 Å². The second kappa shape index (κ2) is 6.04. The first-order valence-corrected chi connectivity index (χ1v) is 5.63. The number of carbonyl (C=O) groups is 2. The number of aromatic nitrogens is 2. The van der Waals surface area contributed by atoms with E-state index in [1.165, 1.54) is 11.7 Å². The van der Waals surface area contributed by atoms with Crippen LogP contribution in [0.15, 0.2) is 0 Å². The van der Waals surface area contributed by atoms with Crippen LogP contribution in [0.1, 0.15) is 30.2 Å². The molecule has 0 aromatic carbocycles. The van der Waals surface area contributed by atoms with Gasteiger partial charge in [-0.25, -0.2) is 9.78 Å². The van der Waals surface area contributed by atoms with Crippen LogP contribution >= 0.6 is 0 Å². The van der Waals surface area contributed by atoms with E-state index in [-0.39, 0.29) is 24.7 Å². The second-order valence-corrected chi connectivity index (χ2v) is 3.50. The van der Waals surface area contributed by atoms with Crippen molar-refractivity contribution in [3.63, 3.8) is 0 Å². The van der Waals surface area contributed by atoms with Crippen molar-refractivity contribution in [3.8, 4) is 0 Å². The Morgan fingerprint density at radius 2 is 2.06 bits per heavy atom. The van der Waals surface area contributed by atoms with Crippen LogP contribution in [0, 0.1) is 0 Å². The third-order valence-corrected chi connectivity index (χ3v) is 2.39. The second-order valence-electron chi connectivity index (χ2n) is 3.50. The largest absolute Gasteiger partial charge is 0.468 e. The summed E-state index contributed by atoms with van der Waals surface area (Å²) in [5.41, 5.74) is 5.85. The van der Waals surface area contributed by atoms with Crippen molar-refractivity contribution in [2.24, 2.45) is 0 Å². The van der Waals surface area contributed by atoms with Gasteiger partial charge in [0.05, 0.1) is 13.7 Å². The molecular weight excluding hydrogens is 238 g/mol. The molecule has 7 nitrogen and oxygen atoms in total. The number of ether oxygens (including phenoxy) is 2. The molecule has 100 valence electrons. The van der Waals surface area contributed by atoms with E-state index in [2.05, 4.69) is 9.72 Å². The fourth-order valence-corrected chi connectivity index (χ4v) is 1.50. The zero-order valence-corrected chi connectivity index (χ0v) is 10.7. The Kier molecular flexibility index (Phi) is 4.70. The molecule has 0 unspecified atom stereocenters. The number of anilines is 1. The van der Waals surface area contributed by atoms with Crippen LogP contribution < -0.4 is 5.73 Å². The molecule has 0 spiro atoms. The van der Waals surface area contributed by atoms with Gasteiger partial charge in [0.1, 0.15) is 18.2 Å². The van der Waals surface area contributed by atoms with Crippen LogP contribution in [-0.4, -0.2) is 35.2 Å². The van der Waals surface area contributed by atoms with Gasteiger partial charge in [0.15, 0.2) is 5.69 Å². The number of nitrogen functional groups attached to an aromatic ring is 1. The van der Waals surface area contributed by atoms with Crippen LogP contribution in [0.4, 0.5) is 5.82 Å². The lowest BCUT2D eigenvalue weighted by atomic mass is 10.4. The minimum Gasteiger partial charge on any atom is -0.468 e. The molecule has 1 aromatic rings. The van der Waals surface area contributed by atoms with E-state index < -0.39 is 11.9 Å². The average Bonchev–Trinajstić information content (AvgIpc) is 2.67. The van der Waals surface area contributed by atoms with E-state index in [0.29, 0.717) is 12.2 Å². The zero-order chi connectivity index (χ0) is 13.7. The van der Waals surface area contributed by atoms with Gasteiger partial charge in [-0.1, -0.05) is 6.92 Å². The van der Waals surface area contributed by atoms with Crippen molar-refractivity contribution in [1.29, 1.82) is 0 Å². The number of nitrogens with two attached hydrogens (primary N) is 1. The molecule has 0 amide bonds. The highest BCUT2D eigenvalue weighted by Gasteiger charge is 2.22. The third-order valence-electron chi connectivity index (χ3n) is 2.39. The molecule has 0 bridgehead atoms. The average molecular weight is 255 g/mol. The lowest BCUT2D eigenvalue weighted by Gasteiger charge is -2.06. The predicted molar refractivity (Wildman–Crippen MR) is 64.0 cm³/mol. The SMILES string of the molecule is CCOC(=O)c1nc(CC)n(CC(=O)OC)c1N. The number of esters is 2. The standard InChI is InChI=1S/C11H17N3O4/c1-4-7-13-9(11(16)18-5-2)10(12)14(7)6-8(15)17-3/h4-6,12H2,1-3H3. The molecule has 0 aliphatic rings. The van der Waals surface area contributed by atoms with E-state index in [9.17, 15) is 9.59 Å². The Hall–Kier alpha value is -2.05. The van der Waals surface area contributed by atoms with Crippen molar-refractivity contribution >= 4 is 17.8 Å². The Labute approximate surface area is 105 Å². The summed E-state index contributed by atoms with van der Waals surface area (Å²) in [5, 5.41) is 0. The molecule has 0 aliphatic heterocycles. The smallest absolute Gasteiger partial charge is 0.360 e. The summed E-state index contributed by atoms with van der Waals surface area (Å²) in [6.07, 6.45) is 0.542. The number of carbonyl (C=O) groups excluding carboxylic acids is 2. The first-order valence-electron chi connectivity index (χ1n) is 5.63. The summed E-state index contributed by atoms with van der Waals surface area (Å²) in [6, 6.07) is 0. The molecular formula is C11H17N3O4. The molecule has 0 saturated heterocycles. The lowest BCUT2D eigenvalue weighted by molar-refractivity contribution is -0.141. The normalized spacial score (nSPS) is 10.2. The molecule has 7 heteroatoms. The maximum Gasteiger partial charge on any atom is 0.360 e. The van der Waals surface area contributed by atoms with E-state index in [1.54, 1.807) is 6.92 Å². The number of hydrogen-bond acceptors (Lipinski definition) is 6. The maximum atomic E-state index is 11.6. The summed E-state index contributed by atoms with van der Waals surface area (Å²) in [6.45, 7) is 3.71. The van der Waals surface area contributed by atoms with Crippen LogP contribution in [-0.2, 0) is 27.2 Å². The van der Waals surface area contributed by atoms with Crippen molar-refractivity contribution in [3.05, 3.63) is 11.5 Å². The Bertz CT molecular complexity index is 453. The van der Waals surface area contributed by atoms with Crippen molar-refractivity contribution < 1.29 is 19.1 Å². The molecule has 18 heavy (non-hydrogen) atoms. The van der Waals surface area contributed by atoms with Gasteiger partial charge in [-0.05, 0) is 6.92 Å². The van der Waals surface area contributed by atoms with Crippen LogP contribution in [0.25, 0.3) is 0 Å². The van der Waals surface area contributed by atoms with E-state index in [4.69, 9.17) is 10.5 Å². The number of imidazole rings is 1. The summed E-state index contributed by atoms with van der Waals surface area (Å²) < 4.78 is 10.9. The molecule has 0 aliphatic carbocycles. The van der Waals surface area contributed by atoms with E-state index in [0.717, 1.165) is 0 Å². The molecule has 1 rings (SSSR count). The Morgan fingerprint density at radius 1 is 1.39 bits per heavy atom. The number of hydrogen-bond donors (Lipinski definition) is 1. The van der Waals surface area contributed by atoms with Gasteiger partial charge < -0.3 is 19.8 Å². The monoisotopic (exact) mass is 255 g/mol.